The molecule has 0 saturated heterocycles. The molecule has 0 aliphatic heterocycles. The van der Waals surface area contributed by atoms with Gasteiger partial charge in [-0.3, -0.25) is 5.10 Å². The topological polar surface area (TPSA) is 20.7 Å². The van der Waals surface area contributed by atoms with Crippen LogP contribution in [-0.2, 0) is 6.18 Å². The Morgan fingerprint density at radius 1 is 1.17 bits per heavy atom. The molecule has 1 aromatic carbocycles. The number of hydrogen-bond acceptors (Lipinski definition) is 1. The molecule has 1 heterocycles. The summed E-state index contributed by atoms with van der Waals surface area (Å²) in [5.41, 5.74) is 1.70. The Kier molecular flexibility index (Phi) is 3.06. The molecule has 0 saturated carbocycles. The second kappa shape index (κ2) is 4.28. The van der Waals surface area contributed by atoms with Crippen LogP contribution in [0, 0.1) is 18.5 Å². The number of halogens is 3. The van der Waals surface area contributed by atoms with Crippen LogP contribution in [-0.4, -0.2) is 9.78 Å². The molecule has 0 spiro atoms. The van der Waals surface area contributed by atoms with Gasteiger partial charge in [-0.15, -0.1) is 0 Å². The van der Waals surface area contributed by atoms with Crippen molar-refractivity contribution in [3.8, 4) is 5.69 Å². The third kappa shape index (κ3) is 2.33. The molecular formula is C12H11F3N2S. The van der Waals surface area contributed by atoms with Crippen LogP contribution in [0.1, 0.15) is 16.8 Å². The maximum Gasteiger partial charge on any atom is 0.432 e. The number of alkyl halides is 3. The van der Waals surface area contributed by atoms with E-state index in [1.54, 1.807) is 6.07 Å². The van der Waals surface area contributed by atoms with Crippen molar-refractivity contribution in [2.75, 3.05) is 0 Å². The summed E-state index contributed by atoms with van der Waals surface area (Å²) in [7, 11) is 0. The molecule has 0 fully saturated rings. The van der Waals surface area contributed by atoms with Crippen molar-refractivity contribution in [2.24, 2.45) is 0 Å². The highest BCUT2D eigenvalue weighted by Gasteiger charge is 2.33. The molecule has 1 N–H and O–H groups in total. The summed E-state index contributed by atoms with van der Waals surface area (Å²) >= 11 is 4.95. The number of H-pyrrole nitrogens is 1. The van der Waals surface area contributed by atoms with Gasteiger partial charge in [-0.05, 0) is 25.5 Å². The largest absolute Gasteiger partial charge is 0.432 e. The third-order valence-electron chi connectivity index (χ3n) is 2.62. The fourth-order valence-corrected chi connectivity index (χ4v) is 2.04. The predicted octanol–water partition coefficient (Wildman–Crippen LogP) is 4.17. The van der Waals surface area contributed by atoms with Crippen LogP contribution in [0.3, 0.4) is 0 Å². The van der Waals surface area contributed by atoms with Crippen LogP contribution in [0.5, 0.6) is 0 Å². The number of rotatable bonds is 1. The van der Waals surface area contributed by atoms with E-state index in [9.17, 15) is 13.2 Å². The average Bonchev–Trinajstić information content (AvgIpc) is 2.60. The Hall–Kier alpha value is -1.56. The molecule has 2 nitrogen and oxygen atoms in total. The number of nitrogens with zero attached hydrogens (tertiary/aromatic N) is 1. The molecule has 0 bridgehead atoms. The Morgan fingerprint density at radius 2 is 1.83 bits per heavy atom. The minimum Gasteiger partial charge on any atom is -0.288 e. The van der Waals surface area contributed by atoms with Gasteiger partial charge in [0.2, 0.25) is 0 Å². The fraction of sp³-hybridized carbons (Fsp3) is 0.250. The summed E-state index contributed by atoms with van der Waals surface area (Å²) in [5.74, 6) is 0. The quantitative estimate of drug-likeness (QED) is 0.773. The summed E-state index contributed by atoms with van der Waals surface area (Å²) in [4.78, 5) is 0. The Labute approximate surface area is 107 Å². The van der Waals surface area contributed by atoms with Gasteiger partial charge >= 0.3 is 6.18 Å². The van der Waals surface area contributed by atoms with E-state index in [1.165, 1.54) is 4.68 Å². The van der Waals surface area contributed by atoms with Crippen molar-refractivity contribution >= 4 is 12.2 Å². The molecule has 96 valence electrons. The van der Waals surface area contributed by atoms with E-state index < -0.39 is 11.9 Å². The lowest BCUT2D eigenvalue weighted by Crippen LogP contribution is -2.07. The van der Waals surface area contributed by atoms with Crippen LogP contribution in [0.25, 0.3) is 5.69 Å². The van der Waals surface area contributed by atoms with E-state index in [0.29, 0.717) is 5.69 Å². The number of aromatic nitrogens is 2. The van der Waals surface area contributed by atoms with Crippen LogP contribution in [0.15, 0.2) is 24.3 Å². The van der Waals surface area contributed by atoms with Gasteiger partial charge < -0.3 is 0 Å². The Balaban J connectivity index is 2.58. The summed E-state index contributed by atoms with van der Waals surface area (Å²) in [6, 6.07) is 6.40. The van der Waals surface area contributed by atoms with Gasteiger partial charge in [0.25, 0.3) is 0 Å². The fourth-order valence-electron chi connectivity index (χ4n) is 1.78. The Morgan fingerprint density at radius 3 is 2.33 bits per heavy atom. The van der Waals surface area contributed by atoms with Gasteiger partial charge in [-0.25, -0.2) is 4.68 Å². The van der Waals surface area contributed by atoms with Crippen molar-refractivity contribution in [3.05, 3.63) is 45.7 Å². The first-order chi connectivity index (χ1) is 8.29. The monoisotopic (exact) mass is 272 g/mol. The van der Waals surface area contributed by atoms with Crippen LogP contribution < -0.4 is 0 Å². The molecule has 0 aliphatic rings. The molecule has 1 aromatic heterocycles. The van der Waals surface area contributed by atoms with Gasteiger partial charge in [-0.2, -0.15) is 13.2 Å². The maximum atomic E-state index is 12.6. The molecule has 0 amide bonds. The van der Waals surface area contributed by atoms with Gasteiger partial charge in [0.05, 0.1) is 5.69 Å². The highest BCUT2D eigenvalue weighted by Crippen LogP contribution is 2.29. The maximum absolute atomic E-state index is 12.6. The predicted molar refractivity (Wildman–Crippen MR) is 65.4 cm³/mol. The minimum absolute atomic E-state index is 0.106. The number of nitrogens with one attached hydrogen (secondary N) is 1. The number of aryl methyl sites for hydroxylation is 2. The summed E-state index contributed by atoms with van der Waals surface area (Å²) in [6.07, 6.45) is -4.42. The zero-order valence-corrected chi connectivity index (χ0v) is 10.6. The smallest absolute Gasteiger partial charge is 0.288 e. The summed E-state index contributed by atoms with van der Waals surface area (Å²) in [5, 5.41) is 2.29. The lowest BCUT2D eigenvalue weighted by atomic mass is 10.1. The van der Waals surface area contributed by atoms with Gasteiger partial charge in [0.1, 0.15) is 10.3 Å². The van der Waals surface area contributed by atoms with E-state index in [1.807, 2.05) is 26.0 Å². The molecule has 0 radical (unpaired) electrons. The van der Waals surface area contributed by atoms with Gasteiger partial charge in [0, 0.05) is 6.07 Å². The van der Waals surface area contributed by atoms with Crippen LogP contribution in [0.4, 0.5) is 13.2 Å². The third-order valence-corrected chi connectivity index (χ3v) is 2.92. The molecule has 0 atom stereocenters. The molecule has 2 aromatic rings. The second-order valence-electron chi connectivity index (χ2n) is 4.13. The van der Waals surface area contributed by atoms with Crippen molar-refractivity contribution in [3.63, 3.8) is 0 Å². The number of benzene rings is 1. The molecule has 6 heteroatoms. The first kappa shape index (κ1) is 12.9. The molecular weight excluding hydrogens is 261 g/mol. The average molecular weight is 272 g/mol. The van der Waals surface area contributed by atoms with Gasteiger partial charge in [0.15, 0.2) is 0 Å². The lowest BCUT2D eigenvalue weighted by Gasteiger charge is -2.08. The summed E-state index contributed by atoms with van der Waals surface area (Å²) in [6.45, 7) is 3.75. The molecule has 0 aliphatic carbocycles. The van der Waals surface area contributed by atoms with Crippen LogP contribution in [0.2, 0.25) is 0 Å². The van der Waals surface area contributed by atoms with Gasteiger partial charge in [-0.1, -0.05) is 29.9 Å². The van der Waals surface area contributed by atoms with E-state index in [4.69, 9.17) is 12.2 Å². The minimum atomic E-state index is -4.42. The first-order valence-corrected chi connectivity index (χ1v) is 5.67. The van der Waals surface area contributed by atoms with E-state index in [-0.39, 0.29) is 4.64 Å². The molecule has 2 rings (SSSR count). The van der Waals surface area contributed by atoms with Crippen LogP contribution >= 0.6 is 12.2 Å². The SMILES string of the molecule is Cc1ccc(-n2[nH]c(C(F)(F)F)cc2=S)c(C)c1. The zero-order chi connectivity index (χ0) is 13.5. The standard InChI is InChI=1S/C12H11F3N2S/c1-7-3-4-9(8(2)5-7)17-11(18)6-10(16-17)12(13,14)15/h3-6,16H,1-2H3. The Bertz CT molecular complexity index is 638. The van der Waals surface area contributed by atoms with Crippen molar-refractivity contribution in [1.82, 2.24) is 9.78 Å². The normalized spacial score (nSPS) is 11.8. The van der Waals surface area contributed by atoms with E-state index in [2.05, 4.69) is 5.10 Å². The number of aromatic amines is 1. The number of hydrogen-bond donors (Lipinski definition) is 1. The lowest BCUT2D eigenvalue weighted by molar-refractivity contribution is -0.141. The highest BCUT2D eigenvalue weighted by molar-refractivity contribution is 7.71. The second-order valence-corrected chi connectivity index (χ2v) is 4.55. The van der Waals surface area contributed by atoms with Crippen molar-refractivity contribution in [1.29, 1.82) is 0 Å². The zero-order valence-electron chi connectivity index (χ0n) is 9.80. The molecule has 0 unspecified atom stereocenters. The van der Waals surface area contributed by atoms with E-state index >= 15 is 0 Å². The molecule has 18 heavy (non-hydrogen) atoms. The van der Waals surface area contributed by atoms with E-state index in [0.717, 1.165) is 17.2 Å². The van der Waals surface area contributed by atoms with Crippen molar-refractivity contribution in [2.45, 2.75) is 20.0 Å². The summed E-state index contributed by atoms with van der Waals surface area (Å²) < 4.78 is 39.1. The first-order valence-electron chi connectivity index (χ1n) is 5.26. The van der Waals surface area contributed by atoms with Crippen molar-refractivity contribution < 1.29 is 13.2 Å². The highest BCUT2D eigenvalue weighted by atomic mass is 32.1.